The van der Waals surface area contributed by atoms with Gasteiger partial charge in [0.25, 0.3) is 0 Å². The lowest BCUT2D eigenvalue weighted by molar-refractivity contribution is 0.0693. The van der Waals surface area contributed by atoms with Gasteiger partial charge in [-0.25, -0.2) is 9.78 Å². The molecular weight excluding hydrogens is 454 g/mol. The van der Waals surface area contributed by atoms with Crippen LogP contribution >= 0.6 is 11.6 Å². The van der Waals surface area contributed by atoms with Crippen LogP contribution in [0, 0.1) is 0 Å². The summed E-state index contributed by atoms with van der Waals surface area (Å²) in [5, 5.41) is 10.2. The molecule has 172 valence electrons. The molecular formula is C27H22ClNO5. The monoisotopic (exact) mass is 475 g/mol. The Kier molecular flexibility index (Phi) is 7.30. The molecule has 0 aliphatic carbocycles. The largest absolute Gasteiger partial charge is 0.497 e. The Labute approximate surface area is 202 Å². The maximum Gasteiger partial charge on any atom is 0.337 e. The highest BCUT2D eigenvalue weighted by Gasteiger charge is 2.17. The zero-order chi connectivity index (χ0) is 23.9. The van der Waals surface area contributed by atoms with Crippen LogP contribution in [-0.2, 0) is 13.2 Å². The van der Waals surface area contributed by atoms with E-state index in [1.54, 1.807) is 43.5 Å². The minimum atomic E-state index is -1.09. The summed E-state index contributed by atoms with van der Waals surface area (Å²) in [6.07, 6.45) is 0. The van der Waals surface area contributed by atoms with Gasteiger partial charge in [0, 0.05) is 10.6 Å². The van der Waals surface area contributed by atoms with E-state index in [0.29, 0.717) is 40.1 Å². The Bertz CT molecular complexity index is 1290. The molecule has 4 rings (SSSR count). The number of hydrogen-bond donors (Lipinski definition) is 1. The molecule has 1 N–H and O–H groups in total. The molecule has 1 heterocycles. The van der Waals surface area contributed by atoms with Crippen LogP contribution in [0.25, 0.3) is 11.3 Å². The number of carboxylic acid groups (broad SMARTS) is 1. The fraction of sp³-hybridized carbons (Fsp3) is 0.111. The van der Waals surface area contributed by atoms with E-state index in [4.69, 9.17) is 25.8 Å². The van der Waals surface area contributed by atoms with Gasteiger partial charge in [0.15, 0.2) is 0 Å². The van der Waals surface area contributed by atoms with Crippen molar-refractivity contribution in [3.05, 3.63) is 107 Å². The van der Waals surface area contributed by atoms with Gasteiger partial charge in [0.2, 0.25) is 0 Å². The molecule has 0 atom stereocenters. The predicted octanol–water partition coefficient (Wildman–Crippen LogP) is 6.27. The quantitative estimate of drug-likeness (QED) is 0.307. The van der Waals surface area contributed by atoms with Gasteiger partial charge in [-0.05, 0) is 54.1 Å². The van der Waals surface area contributed by atoms with Crippen molar-refractivity contribution in [2.75, 3.05) is 7.11 Å². The lowest BCUT2D eigenvalue weighted by Gasteiger charge is -2.15. The molecule has 0 radical (unpaired) electrons. The van der Waals surface area contributed by atoms with Crippen molar-refractivity contribution in [1.82, 2.24) is 4.98 Å². The van der Waals surface area contributed by atoms with Gasteiger partial charge in [-0.2, -0.15) is 0 Å². The van der Waals surface area contributed by atoms with Gasteiger partial charge < -0.3 is 19.3 Å². The Balaban J connectivity index is 1.67. The van der Waals surface area contributed by atoms with Crippen LogP contribution in [0.15, 0.2) is 84.9 Å². The average Bonchev–Trinajstić information content (AvgIpc) is 2.86. The number of carbonyl (C=O) groups is 1. The fourth-order valence-electron chi connectivity index (χ4n) is 3.36. The van der Waals surface area contributed by atoms with Crippen LogP contribution in [0.2, 0.25) is 5.02 Å². The Morgan fingerprint density at radius 3 is 2.44 bits per heavy atom. The number of halogens is 1. The second-order valence-corrected chi connectivity index (χ2v) is 7.81. The lowest BCUT2D eigenvalue weighted by Crippen LogP contribution is -2.09. The molecule has 0 unspecified atom stereocenters. The van der Waals surface area contributed by atoms with E-state index in [0.717, 1.165) is 5.56 Å². The molecule has 0 saturated carbocycles. The van der Waals surface area contributed by atoms with E-state index in [1.165, 1.54) is 6.07 Å². The van der Waals surface area contributed by atoms with Gasteiger partial charge in [0.05, 0.1) is 24.1 Å². The summed E-state index contributed by atoms with van der Waals surface area (Å²) in [5.74, 6) is 0.657. The Hall–Kier alpha value is -4.03. The van der Waals surface area contributed by atoms with Gasteiger partial charge in [-0.3, -0.25) is 0 Å². The number of rotatable bonds is 9. The highest BCUT2D eigenvalue weighted by molar-refractivity contribution is 6.30. The summed E-state index contributed by atoms with van der Waals surface area (Å²) < 4.78 is 17.2. The van der Waals surface area contributed by atoms with Crippen LogP contribution in [0.1, 0.15) is 21.6 Å². The molecule has 6 nitrogen and oxygen atoms in total. The number of ether oxygens (including phenoxy) is 3. The summed E-state index contributed by atoms with van der Waals surface area (Å²) in [6, 6.07) is 25.3. The van der Waals surface area contributed by atoms with Crippen LogP contribution < -0.4 is 14.2 Å². The van der Waals surface area contributed by atoms with E-state index in [9.17, 15) is 9.90 Å². The van der Waals surface area contributed by atoms with Crippen molar-refractivity contribution < 1.29 is 24.1 Å². The van der Waals surface area contributed by atoms with Crippen LogP contribution in [0.4, 0.5) is 0 Å². The van der Waals surface area contributed by atoms with E-state index in [2.05, 4.69) is 4.98 Å². The smallest absolute Gasteiger partial charge is 0.337 e. The highest BCUT2D eigenvalue weighted by atomic mass is 35.5. The first-order chi connectivity index (χ1) is 16.5. The minimum Gasteiger partial charge on any atom is -0.497 e. The molecule has 0 aliphatic rings. The zero-order valence-corrected chi connectivity index (χ0v) is 19.2. The number of methoxy groups -OCH3 is 1. The first-order valence-electron chi connectivity index (χ1n) is 10.5. The van der Waals surface area contributed by atoms with Gasteiger partial charge in [-0.1, -0.05) is 48.0 Å². The molecule has 0 saturated heterocycles. The fourth-order valence-corrected chi connectivity index (χ4v) is 3.54. The number of aromatic nitrogens is 1. The predicted molar refractivity (Wildman–Crippen MR) is 130 cm³/mol. The topological polar surface area (TPSA) is 77.9 Å². The Morgan fingerprint density at radius 1 is 0.882 bits per heavy atom. The third kappa shape index (κ3) is 5.66. The lowest BCUT2D eigenvalue weighted by atomic mass is 10.1. The maximum atomic E-state index is 11.8. The molecule has 0 aliphatic heterocycles. The number of nitrogens with zero attached hydrogens (tertiary/aromatic N) is 1. The third-order valence-electron chi connectivity index (χ3n) is 5.08. The van der Waals surface area contributed by atoms with Crippen molar-refractivity contribution in [2.45, 2.75) is 13.2 Å². The van der Waals surface area contributed by atoms with E-state index in [-0.39, 0.29) is 17.9 Å². The SMILES string of the molecule is COc1ccc(OCc2ccccc2)c(-c2ccc(C(=O)O)c(COc3cccc(Cl)c3)n2)c1. The van der Waals surface area contributed by atoms with Crippen molar-refractivity contribution in [3.8, 4) is 28.5 Å². The summed E-state index contributed by atoms with van der Waals surface area (Å²) in [4.78, 5) is 16.4. The summed E-state index contributed by atoms with van der Waals surface area (Å²) >= 11 is 6.02. The molecule has 0 amide bonds. The van der Waals surface area contributed by atoms with Gasteiger partial charge >= 0.3 is 5.97 Å². The summed E-state index contributed by atoms with van der Waals surface area (Å²) in [5.41, 5.74) is 2.57. The zero-order valence-electron chi connectivity index (χ0n) is 18.4. The number of carboxylic acids is 1. The van der Waals surface area contributed by atoms with Gasteiger partial charge in [0.1, 0.15) is 30.5 Å². The first kappa shape index (κ1) is 23.1. The molecule has 34 heavy (non-hydrogen) atoms. The number of pyridine rings is 1. The van der Waals surface area contributed by atoms with E-state index in [1.807, 2.05) is 42.5 Å². The standard InChI is InChI=1S/C27H22ClNO5/c1-32-20-10-13-26(34-16-18-6-3-2-4-7-18)23(15-20)24-12-11-22(27(30)31)25(29-24)17-33-21-9-5-8-19(28)14-21/h2-15H,16-17H2,1H3,(H,30,31). The van der Waals surface area contributed by atoms with Crippen LogP contribution in [0.3, 0.4) is 0 Å². The van der Waals surface area contributed by atoms with Gasteiger partial charge in [-0.15, -0.1) is 0 Å². The number of hydrogen-bond acceptors (Lipinski definition) is 5. The minimum absolute atomic E-state index is 0.0417. The van der Waals surface area contributed by atoms with Crippen molar-refractivity contribution in [2.24, 2.45) is 0 Å². The average molecular weight is 476 g/mol. The van der Waals surface area contributed by atoms with Crippen LogP contribution in [0.5, 0.6) is 17.2 Å². The van der Waals surface area contributed by atoms with Crippen molar-refractivity contribution in [1.29, 1.82) is 0 Å². The molecule has 4 aromatic rings. The Morgan fingerprint density at radius 2 is 1.71 bits per heavy atom. The van der Waals surface area contributed by atoms with Crippen LogP contribution in [-0.4, -0.2) is 23.2 Å². The molecule has 0 bridgehead atoms. The maximum absolute atomic E-state index is 11.8. The summed E-state index contributed by atoms with van der Waals surface area (Å²) in [6.45, 7) is 0.331. The molecule has 7 heteroatoms. The number of benzene rings is 3. The second-order valence-electron chi connectivity index (χ2n) is 7.38. The highest BCUT2D eigenvalue weighted by Crippen LogP contribution is 2.34. The molecule has 0 spiro atoms. The second kappa shape index (κ2) is 10.7. The van der Waals surface area contributed by atoms with E-state index >= 15 is 0 Å². The van der Waals surface area contributed by atoms with Crippen molar-refractivity contribution in [3.63, 3.8) is 0 Å². The summed E-state index contributed by atoms with van der Waals surface area (Å²) in [7, 11) is 1.58. The molecule has 3 aromatic carbocycles. The first-order valence-corrected chi connectivity index (χ1v) is 10.9. The van der Waals surface area contributed by atoms with Crippen molar-refractivity contribution >= 4 is 17.6 Å². The van der Waals surface area contributed by atoms with E-state index < -0.39 is 5.97 Å². The third-order valence-corrected chi connectivity index (χ3v) is 5.31. The molecule has 1 aromatic heterocycles. The number of aromatic carboxylic acids is 1. The normalized spacial score (nSPS) is 10.5. The molecule has 0 fully saturated rings.